The van der Waals surface area contributed by atoms with Crippen LogP contribution in [0.15, 0.2) is 53.6 Å². The van der Waals surface area contributed by atoms with Gasteiger partial charge in [0.05, 0.1) is 13.3 Å². The normalized spacial score (nSPS) is 31.0. The van der Waals surface area contributed by atoms with Crippen LogP contribution in [0.2, 0.25) is 0 Å². The summed E-state index contributed by atoms with van der Waals surface area (Å²) in [6.07, 6.45) is 8.70. The van der Waals surface area contributed by atoms with Crippen molar-refractivity contribution in [2.24, 2.45) is 16.9 Å². The fourth-order valence-electron chi connectivity index (χ4n) is 6.78. The van der Waals surface area contributed by atoms with Crippen molar-refractivity contribution in [3.05, 3.63) is 65.2 Å². The Morgan fingerprint density at radius 2 is 1.71 bits per heavy atom. The first kappa shape index (κ1) is 20.1. The molecular formula is C26H31N3O2. The standard InChI is InChI=1S/C26H31N3O2/c1-18-3-7-22(8-4-18)25-12-20-11-21(13-25)15-26(14-20,17-25)28-24(30)29-27-16-19-5-9-23(31-2)10-6-19/h3-10,16,20-21H,11-15,17H2,1-2H3,(H2,28,29,30)/b27-16-/t20-,21-,25?,26?/m0/s1. The molecule has 0 radical (unpaired) electrons. The number of aryl methyl sites for hydroxylation is 1. The Labute approximate surface area is 184 Å². The molecule has 5 heteroatoms. The molecule has 162 valence electrons. The van der Waals surface area contributed by atoms with Crippen molar-refractivity contribution < 1.29 is 9.53 Å². The molecule has 2 aromatic rings. The molecule has 2 atom stereocenters. The number of hydrazone groups is 1. The summed E-state index contributed by atoms with van der Waals surface area (Å²) in [6, 6.07) is 16.5. The highest BCUT2D eigenvalue weighted by Gasteiger charge is 2.58. The zero-order valence-electron chi connectivity index (χ0n) is 18.4. The van der Waals surface area contributed by atoms with Gasteiger partial charge in [0.1, 0.15) is 5.75 Å². The summed E-state index contributed by atoms with van der Waals surface area (Å²) in [5, 5.41) is 7.50. The highest BCUT2D eigenvalue weighted by atomic mass is 16.5. The van der Waals surface area contributed by atoms with Crippen LogP contribution in [0.5, 0.6) is 5.75 Å². The van der Waals surface area contributed by atoms with Crippen molar-refractivity contribution in [2.75, 3.05) is 7.11 Å². The van der Waals surface area contributed by atoms with Gasteiger partial charge < -0.3 is 10.1 Å². The van der Waals surface area contributed by atoms with E-state index in [1.807, 2.05) is 24.3 Å². The number of carbonyl (C=O) groups excluding carboxylic acids is 1. The van der Waals surface area contributed by atoms with E-state index < -0.39 is 0 Å². The number of nitrogens with zero attached hydrogens (tertiary/aromatic N) is 1. The van der Waals surface area contributed by atoms with Gasteiger partial charge in [-0.3, -0.25) is 0 Å². The van der Waals surface area contributed by atoms with Crippen LogP contribution >= 0.6 is 0 Å². The maximum absolute atomic E-state index is 12.7. The number of urea groups is 1. The number of carbonyl (C=O) groups is 1. The lowest BCUT2D eigenvalue weighted by molar-refractivity contribution is -0.0349. The first-order chi connectivity index (χ1) is 15.0. The van der Waals surface area contributed by atoms with E-state index in [-0.39, 0.29) is 17.0 Å². The van der Waals surface area contributed by atoms with Gasteiger partial charge in [0.2, 0.25) is 0 Å². The minimum atomic E-state index is -0.203. The van der Waals surface area contributed by atoms with Crippen LogP contribution in [0.3, 0.4) is 0 Å². The number of methoxy groups -OCH3 is 1. The maximum atomic E-state index is 12.7. The van der Waals surface area contributed by atoms with Gasteiger partial charge in [0.15, 0.2) is 0 Å². The van der Waals surface area contributed by atoms with E-state index in [4.69, 9.17) is 4.74 Å². The van der Waals surface area contributed by atoms with Crippen molar-refractivity contribution in [3.63, 3.8) is 0 Å². The van der Waals surface area contributed by atoms with Gasteiger partial charge in [-0.1, -0.05) is 29.8 Å². The van der Waals surface area contributed by atoms with Crippen LogP contribution in [0.4, 0.5) is 4.79 Å². The summed E-state index contributed by atoms with van der Waals surface area (Å²) >= 11 is 0. The lowest BCUT2D eigenvalue weighted by Crippen LogP contribution is -2.65. The smallest absolute Gasteiger partial charge is 0.335 e. The minimum Gasteiger partial charge on any atom is -0.497 e. The lowest BCUT2D eigenvalue weighted by Gasteiger charge is -2.62. The lowest BCUT2D eigenvalue weighted by atomic mass is 9.45. The van der Waals surface area contributed by atoms with Crippen molar-refractivity contribution >= 4 is 12.2 Å². The molecule has 4 aliphatic carbocycles. The molecule has 4 aliphatic rings. The molecule has 31 heavy (non-hydrogen) atoms. The third-order valence-electron chi connectivity index (χ3n) is 7.60. The van der Waals surface area contributed by atoms with Crippen LogP contribution in [-0.2, 0) is 5.41 Å². The molecule has 4 bridgehead atoms. The first-order valence-electron chi connectivity index (χ1n) is 11.3. The Morgan fingerprint density at radius 3 is 2.35 bits per heavy atom. The van der Waals surface area contributed by atoms with Crippen LogP contribution in [0, 0.1) is 18.8 Å². The van der Waals surface area contributed by atoms with E-state index in [1.165, 1.54) is 30.4 Å². The summed E-state index contributed by atoms with van der Waals surface area (Å²) in [7, 11) is 1.64. The zero-order chi connectivity index (χ0) is 21.5. The van der Waals surface area contributed by atoms with E-state index in [0.29, 0.717) is 11.8 Å². The van der Waals surface area contributed by atoms with E-state index in [0.717, 1.165) is 30.6 Å². The molecular weight excluding hydrogens is 386 g/mol. The molecule has 2 amide bonds. The number of rotatable bonds is 5. The maximum Gasteiger partial charge on any atom is 0.335 e. The zero-order valence-corrected chi connectivity index (χ0v) is 18.4. The number of ether oxygens (including phenoxy) is 1. The molecule has 2 N–H and O–H groups in total. The highest BCUT2D eigenvalue weighted by molar-refractivity contribution is 5.82. The second-order valence-electron chi connectivity index (χ2n) is 9.98. The Bertz CT molecular complexity index is 967. The van der Waals surface area contributed by atoms with Gasteiger partial charge in [0, 0.05) is 5.54 Å². The van der Waals surface area contributed by atoms with Gasteiger partial charge in [-0.05, 0) is 98.1 Å². The average molecular weight is 418 g/mol. The largest absolute Gasteiger partial charge is 0.497 e. The fourth-order valence-corrected chi connectivity index (χ4v) is 6.78. The second kappa shape index (κ2) is 7.70. The fraction of sp³-hybridized carbons (Fsp3) is 0.462. The van der Waals surface area contributed by atoms with Crippen LogP contribution in [0.25, 0.3) is 0 Å². The van der Waals surface area contributed by atoms with Gasteiger partial charge in [-0.15, -0.1) is 0 Å². The van der Waals surface area contributed by atoms with E-state index in [1.54, 1.807) is 13.3 Å². The first-order valence-corrected chi connectivity index (χ1v) is 11.3. The third kappa shape index (κ3) is 3.93. The monoisotopic (exact) mass is 417 g/mol. The predicted molar refractivity (Wildman–Crippen MR) is 123 cm³/mol. The van der Waals surface area contributed by atoms with Crippen LogP contribution in [0.1, 0.15) is 55.2 Å². The number of nitrogens with one attached hydrogen (secondary N) is 2. The number of amides is 2. The summed E-state index contributed by atoms with van der Waals surface area (Å²) in [4.78, 5) is 12.7. The molecule has 0 saturated heterocycles. The van der Waals surface area contributed by atoms with Gasteiger partial charge in [-0.2, -0.15) is 5.10 Å². The molecule has 5 nitrogen and oxygen atoms in total. The Balaban J connectivity index is 1.28. The Kier molecular flexibility index (Phi) is 4.99. The predicted octanol–water partition coefficient (Wildman–Crippen LogP) is 4.93. The van der Waals surface area contributed by atoms with E-state index in [2.05, 4.69) is 47.0 Å². The third-order valence-corrected chi connectivity index (χ3v) is 7.60. The van der Waals surface area contributed by atoms with Gasteiger partial charge in [-0.25, -0.2) is 10.2 Å². The molecule has 4 saturated carbocycles. The van der Waals surface area contributed by atoms with Crippen molar-refractivity contribution in [3.8, 4) is 5.75 Å². The summed E-state index contributed by atoms with van der Waals surface area (Å²) in [6.45, 7) is 2.14. The summed E-state index contributed by atoms with van der Waals surface area (Å²) in [5.74, 6) is 2.20. The number of hydrogen-bond donors (Lipinski definition) is 2. The van der Waals surface area contributed by atoms with E-state index >= 15 is 0 Å². The molecule has 4 fully saturated rings. The molecule has 6 rings (SSSR count). The molecule has 2 aromatic carbocycles. The number of hydrogen-bond acceptors (Lipinski definition) is 3. The molecule has 0 aromatic heterocycles. The quantitative estimate of drug-likeness (QED) is 0.535. The Morgan fingerprint density at radius 1 is 1.03 bits per heavy atom. The van der Waals surface area contributed by atoms with Crippen molar-refractivity contribution in [1.29, 1.82) is 0 Å². The average Bonchev–Trinajstić information content (AvgIpc) is 2.73. The van der Waals surface area contributed by atoms with E-state index in [9.17, 15) is 4.79 Å². The topological polar surface area (TPSA) is 62.7 Å². The number of benzene rings is 2. The molecule has 0 spiro atoms. The molecule has 0 aliphatic heterocycles. The SMILES string of the molecule is COc1ccc(/C=N\NC(=O)NC23C[C@H]4C[C@H](C2)CC(c2ccc(C)cc2)(C4)C3)cc1. The molecule has 0 heterocycles. The highest BCUT2D eigenvalue weighted by Crippen LogP contribution is 2.62. The van der Waals surface area contributed by atoms with Crippen molar-refractivity contribution in [2.45, 2.75) is 56.4 Å². The minimum absolute atomic E-state index is 0.116. The second-order valence-corrected chi connectivity index (χ2v) is 9.98. The van der Waals surface area contributed by atoms with Crippen LogP contribution < -0.4 is 15.5 Å². The summed E-state index contributed by atoms with van der Waals surface area (Å²) < 4.78 is 5.17. The summed E-state index contributed by atoms with van der Waals surface area (Å²) in [5.41, 5.74) is 6.44. The Hall–Kier alpha value is -2.82. The van der Waals surface area contributed by atoms with Crippen LogP contribution in [-0.4, -0.2) is 24.9 Å². The van der Waals surface area contributed by atoms with Crippen molar-refractivity contribution in [1.82, 2.24) is 10.7 Å². The van der Waals surface area contributed by atoms with Gasteiger partial charge in [0.25, 0.3) is 0 Å². The molecule has 0 unspecified atom stereocenters. The van der Waals surface area contributed by atoms with Gasteiger partial charge >= 0.3 is 6.03 Å².